The number of nitrogens with zero attached hydrogens (tertiary/aromatic N) is 4. The Morgan fingerprint density at radius 2 is 2.05 bits per heavy atom. The zero-order chi connectivity index (χ0) is 16.1. The normalized spacial score (nSPS) is 16.2. The fourth-order valence-corrected chi connectivity index (χ4v) is 2.45. The summed E-state index contributed by atoms with van der Waals surface area (Å²) in [6.45, 7) is 1.98. The number of aromatic nitrogens is 2. The van der Waals surface area contributed by atoms with E-state index in [1.54, 1.807) is 4.90 Å². The van der Waals surface area contributed by atoms with Crippen LogP contribution in [0.4, 0.5) is 16.3 Å². The standard InChI is InChI=1S/C14H24N6O2/c1-19(2)12-11(13(22-4)16-9-15-12)18-14(21)17-10-5-7-20(3)8-6-10/h9-10H,5-8H2,1-4H3,(H2,17,18,21). The maximum absolute atomic E-state index is 12.2. The number of anilines is 2. The number of methoxy groups -OCH3 is 1. The summed E-state index contributed by atoms with van der Waals surface area (Å²) in [5.41, 5.74) is 0.473. The summed E-state index contributed by atoms with van der Waals surface area (Å²) in [5, 5.41) is 5.81. The number of carbonyl (C=O) groups is 1. The Morgan fingerprint density at radius 1 is 1.36 bits per heavy atom. The van der Waals surface area contributed by atoms with Crippen LogP contribution in [-0.4, -0.2) is 68.3 Å². The van der Waals surface area contributed by atoms with Crippen molar-refractivity contribution in [3.63, 3.8) is 0 Å². The fraction of sp³-hybridized carbons (Fsp3) is 0.643. The molecule has 2 N–H and O–H groups in total. The van der Waals surface area contributed by atoms with Crippen LogP contribution in [0.2, 0.25) is 0 Å². The largest absolute Gasteiger partial charge is 0.479 e. The molecule has 1 saturated heterocycles. The highest BCUT2D eigenvalue weighted by atomic mass is 16.5. The first-order valence-corrected chi connectivity index (χ1v) is 7.33. The lowest BCUT2D eigenvalue weighted by Crippen LogP contribution is -2.45. The molecule has 2 rings (SSSR count). The highest BCUT2D eigenvalue weighted by Crippen LogP contribution is 2.29. The van der Waals surface area contributed by atoms with Gasteiger partial charge in [0.1, 0.15) is 12.0 Å². The second-order valence-corrected chi connectivity index (χ2v) is 5.65. The van der Waals surface area contributed by atoms with E-state index < -0.39 is 0 Å². The lowest BCUT2D eigenvalue weighted by atomic mass is 10.1. The third kappa shape index (κ3) is 3.97. The highest BCUT2D eigenvalue weighted by Gasteiger charge is 2.21. The Bertz CT molecular complexity index is 514. The van der Waals surface area contributed by atoms with Crippen molar-refractivity contribution in [2.45, 2.75) is 18.9 Å². The van der Waals surface area contributed by atoms with Crippen LogP contribution in [0.5, 0.6) is 5.88 Å². The van der Waals surface area contributed by atoms with E-state index in [9.17, 15) is 4.79 Å². The number of amides is 2. The number of ether oxygens (including phenoxy) is 1. The van der Waals surface area contributed by atoms with E-state index in [-0.39, 0.29) is 12.1 Å². The van der Waals surface area contributed by atoms with E-state index in [4.69, 9.17) is 4.74 Å². The monoisotopic (exact) mass is 308 g/mol. The van der Waals surface area contributed by atoms with Gasteiger partial charge in [-0.25, -0.2) is 9.78 Å². The van der Waals surface area contributed by atoms with Crippen LogP contribution in [0, 0.1) is 0 Å². The molecule has 0 unspecified atom stereocenters. The van der Waals surface area contributed by atoms with Crippen molar-refractivity contribution >= 4 is 17.5 Å². The topological polar surface area (TPSA) is 82.6 Å². The van der Waals surface area contributed by atoms with Crippen LogP contribution >= 0.6 is 0 Å². The summed E-state index contributed by atoms with van der Waals surface area (Å²) in [7, 11) is 7.30. The molecule has 2 amide bonds. The average molecular weight is 308 g/mol. The molecule has 2 heterocycles. The first-order valence-electron chi connectivity index (χ1n) is 7.33. The quantitative estimate of drug-likeness (QED) is 0.855. The summed E-state index contributed by atoms with van der Waals surface area (Å²) >= 11 is 0. The van der Waals surface area contributed by atoms with Gasteiger partial charge in [-0.15, -0.1) is 0 Å². The number of urea groups is 1. The average Bonchev–Trinajstić information content (AvgIpc) is 2.49. The lowest BCUT2D eigenvalue weighted by molar-refractivity contribution is 0.221. The molecule has 1 aromatic rings. The van der Waals surface area contributed by atoms with E-state index in [0.717, 1.165) is 25.9 Å². The van der Waals surface area contributed by atoms with Crippen LogP contribution in [0.1, 0.15) is 12.8 Å². The predicted octanol–water partition coefficient (Wildman–Crippen LogP) is 0.767. The van der Waals surface area contributed by atoms with E-state index in [1.165, 1.54) is 13.4 Å². The van der Waals surface area contributed by atoms with Crippen molar-refractivity contribution in [2.24, 2.45) is 0 Å². The van der Waals surface area contributed by atoms with Gasteiger partial charge in [0.2, 0.25) is 5.88 Å². The first kappa shape index (κ1) is 16.3. The Kier molecular flexibility index (Phi) is 5.37. The summed E-state index contributed by atoms with van der Waals surface area (Å²) in [5.74, 6) is 0.947. The molecular formula is C14H24N6O2. The van der Waals surface area contributed by atoms with Gasteiger partial charge in [-0.2, -0.15) is 4.98 Å². The second kappa shape index (κ2) is 7.26. The van der Waals surface area contributed by atoms with Crippen LogP contribution < -0.4 is 20.3 Å². The smallest absolute Gasteiger partial charge is 0.319 e. The molecule has 0 bridgehead atoms. The van der Waals surface area contributed by atoms with E-state index >= 15 is 0 Å². The summed E-state index contributed by atoms with van der Waals surface area (Å²) < 4.78 is 5.21. The van der Waals surface area contributed by atoms with Crippen LogP contribution in [0.15, 0.2) is 6.33 Å². The van der Waals surface area contributed by atoms with E-state index in [0.29, 0.717) is 17.4 Å². The fourth-order valence-electron chi connectivity index (χ4n) is 2.45. The number of rotatable bonds is 4. The summed E-state index contributed by atoms with van der Waals surface area (Å²) in [6, 6.07) is -0.0691. The molecule has 1 fully saturated rings. The molecule has 1 aliphatic rings. The number of hydrogen-bond acceptors (Lipinski definition) is 6. The molecule has 0 spiro atoms. The molecule has 8 nitrogen and oxygen atoms in total. The molecule has 0 aromatic carbocycles. The Hall–Kier alpha value is -2.09. The van der Waals surface area contributed by atoms with Crippen molar-refractivity contribution in [3.05, 3.63) is 6.33 Å². The van der Waals surface area contributed by atoms with Gasteiger partial charge >= 0.3 is 6.03 Å². The molecular weight excluding hydrogens is 284 g/mol. The zero-order valence-corrected chi connectivity index (χ0v) is 13.6. The third-order valence-electron chi connectivity index (χ3n) is 3.70. The molecule has 0 atom stereocenters. The molecule has 1 aliphatic heterocycles. The second-order valence-electron chi connectivity index (χ2n) is 5.65. The molecule has 0 radical (unpaired) electrons. The van der Waals surface area contributed by atoms with Crippen LogP contribution in [0.25, 0.3) is 0 Å². The van der Waals surface area contributed by atoms with Gasteiger partial charge < -0.3 is 25.2 Å². The molecule has 122 valence electrons. The van der Waals surface area contributed by atoms with Gasteiger partial charge in [-0.05, 0) is 33.0 Å². The maximum Gasteiger partial charge on any atom is 0.319 e. The number of nitrogens with one attached hydrogen (secondary N) is 2. The number of hydrogen-bond donors (Lipinski definition) is 2. The minimum atomic E-state index is -0.259. The molecule has 8 heteroatoms. The molecule has 1 aromatic heterocycles. The van der Waals surface area contributed by atoms with Crippen LogP contribution in [-0.2, 0) is 0 Å². The SMILES string of the molecule is COc1ncnc(N(C)C)c1NC(=O)NC1CCN(C)CC1. The maximum atomic E-state index is 12.2. The predicted molar refractivity (Wildman–Crippen MR) is 85.6 cm³/mol. The summed E-state index contributed by atoms with van der Waals surface area (Å²) in [6.07, 6.45) is 3.31. The molecule has 22 heavy (non-hydrogen) atoms. The van der Waals surface area contributed by atoms with Crippen molar-refractivity contribution in [1.82, 2.24) is 20.2 Å². The lowest BCUT2D eigenvalue weighted by Gasteiger charge is -2.29. The molecule has 0 aliphatic carbocycles. The number of piperidine rings is 1. The number of likely N-dealkylation sites (tertiary alicyclic amines) is 1. The van der Waals surface area contributed by atoms with Crippen molar-refractivity contribution < 1.29 is 9.53 Å². The van der Waals surface area contributed by atoms with Gasteiger partial charge in [0, 0.05) is 20.1 Å². The van der Waals surface area contributed by atoms with Gasteiger partial charge in [0.05, 0.1) is 7.11 Å². The first-order chi connectivity index (χ1) is 10.5. The Morgan fingerprint density at radius 3 is 2.64 bits per heavy atom. The van der Waals surface area contributed by atoms with Crippen molar-refractivity contribution in [2.75, 3.05) is 51.6 Å². The third-order valence-corrected chi connectivity index (χ3v) is 3.70. The van der Waals surface area contributed by atoms with Crippen LogP contribution in [0.3, 0.4) is 0 Å². The van der Waals surface area contributed by atoms with E-state index in [2.05, 4.69) is 32.5 Å². The van der Waals surface area contributed by atoms with E-state index in [1.807, 2.05) is 14.1 Å². The highest BCUT2D eigenvalue weighted by molar-refractivity contribution is 5.94. The van der Waals surface area contributed by atoms with Gasteiger partial charge in [-0.3, -0.25) is 0 Å². The zero-order valence-electron chi connectivity index (χ0n) is 13.6. The van der Waals surface area contributed by atoms with Gasteiger partial charge in [-0.1, -0.05) is 0 Å². The minimum absolute atomic E-state index is 0.189. The minimum Gasteiger partial charge on any atom is -0.479 e. The molecule has 0 saturated carbocycles. The Labute approximate surface area is 130 Å². The van der Waals surface area contributed by atoms with Crippen molar-refractivity contribution in [1.29, 1.82) is 0 Å². The number of carbonyl (C=O) groups excluding carboxylic acids is 1. The summed E-state index contributed by atoms with van der Waals surface area (Å²) in [4.78, 5) is 24.5. The van der Waals surface area contributed by atoms with Gasteiger partial charge in [0.15, 0.2) is 5.82 Å². The van der Waals surface area contributed by atoms with Gasteiger partial charge in [0.25, 0.3) is 0 Å². The Balaban J connectivity index is 2.04. The van der Waals surface area contributed by atoms with Crippen molar-refractivity contribution in [3.8, 4) is 5.88 Å².